The number of aromatic nitrogens is 3. The number of thiazole rings is 1. The van der Waals surface area contributed by atoms with Gasteiger partial charge in [0.15, 0.2) is 5.13 Å². The minimum Gasteiger partial charge on any atom is -0.338 e. The van der Waals surface area contributed by atoms with Crippen LogP contribution in [0.4, 0.5) is 15.1 Å². The van der Waals surface area contributed by atoms with E-state index in [2.05, 4.69) is 25.8 Å². The number of carbonyl (C=O) groups excluding carboxylic acids is 2. The van der Waals surface area contributed by atoms with Crippen LogP contribution in [0.2, 0.25) is 0 Å². The molecule has 0 bridgehead atoms. The largest absolute Gasteiger partial charge is 0.338 e. The van der Waals surface area contributed by atoms with E-state index in [-0.39, 0.29) is 18.4 Å². The average molecular weight is 421 g/mol. The highest BCUT2D eigenvalue weighted by Gasteiger charge is 2.22. The Balaban J connectivity index is 1.29. The summed E-state index contributed by atoms with van der Waals surface area (Å²) in [4.78, 5) is 30.3. The third-order valence-electron chi connectivity index (χ3n) is 5.09. The number of hydrogen-bond donors (Lipinski definition) is 2. The first-order valence-corrected chi connectivity index (χ1v) is 11.5. The zero-order chi connectivity index (χ0) is 19.3. The van der Waals surface area contributed by atoms with Gasteiger partial charge in [0.05, 0.1) is 12.1 Å². The van der Waals surface area contributed by atoms with Gasteiger partial charge in [-0.25, -0.2) is 9.78 Å². The quantitative estimate of drug-likeness (QED) is 0.747. The number of amides is 3. The van der Waals surface area contributed by atoms with Crippen LogP contribution in [-0.4, -0.2) is 40.2 Å². The second-order valence-electron chi connectivity index (χ2n) is 7.29. The normalized spacial score (nSPS) is 18.1. The molecule has 8 nitrogen and oxygen atoms in total. The summed E-state index contributed by atoms with van der Waals surface area (Å²) in [5.41, 5.74) is 0.655. The fraction of sp³-hybridized carbons (Fsp3) is 0.611. The Bertz CT molecular complexity index is 830. The molecule has 3 amide bonds. The average Bonchev–Trinajstić information content (AvgIpc) is 3.32. The summed E-state index contributed by atoms with van der Waals surface area (Å²) >= 11 is 2.84. The number of rotatable bonds is 6. The fourth-order valence-corrected chi connectivity index (χ4v) is 5.39. The van der Waals surface area contributed by atoms with E-state index in [4.69, 9.17) is 0 Å². The molecular weight excluding hydrogens is 396 g/mol. The van der Waals surface area contributed by atoms with Crippen LogP contribution in [0, 0.1) is 5.92 Å². The van der Waals surface area contributed by atoms with Gasteiger partial charge in [0.25, 0.3) is 0 Å². The van der Waals surface area contributed by atoms with Crippen molar-refractivity contribution in [2.45, 2.75) is 51.4 Å². The standard InChI is InChI=1S/C18H24N6O2S2/c25-14(10-13-11-27-18(20-13)24-8-4-7-19-17(24)26)21-16-23-22-15(28-16)9-12-5-2-1-3-6-12/h11-12H,1-10H2,(H,19,26)(H,21,23,25). The topological polar surface area (TPSA) is 100 Å². The third kappa shape index (κ3) is 4.85. The minimum atomic E-state index is -0.166. The van der Waals surface area contributed by atoms with Crippen LogP contribution in [0.1, 0.15) is 49.2 Å². The summed E-state index contributed by atoms with van der Waals surface area (Å²) < 4.78 is 0. The molecule has 2 N–H and O–H groups in total. The molecule has 2 aromatic heterocycles. The van der Waals surface area contributed by atoms with Crippen LogP contribution in [0.15, 0.2) is 5.38 Å². The molecule has 10 heteroatoms. The molecule has 4 rings (SSSR count). The van der Waals surface area contributed by atoms with Crippen LogP contribution >= 0.6 is 22.7 Å². The summed E-state index contributed by atoms with van der Waals surface area (Å²) in [5.74, 6) is 0.533. The molecule has 150 valence electrons. The molecule has 1 saturated carbocycles. The lowest BCUT2D eigenvalue weighted by Gasteiger charge is -2.24. The van der Waals surface area contributed by atoms with Gasteiger partial charge in [0.1, 0.15) is 5.01 Å². The van der Waals surface area contributed by atoms with Crippen molar-refractivity contribution in [1.29, 1.82) is 0 Å². The van der Waals surface area contributed by atoms with Gasteiger partial charge in [-0.05, 0) is 12.3 Å². The number of anilines is 2. The maximum Gasteiger partial charge on any atom is 0.323 e. The van der Waals surface area contributed by atoms with E-state index in [0.29, 0.717) is 35.0 Å². The van der Waals surface area contributed by atoms with Gasteiger partial charge in [-0.2, -0.15) is 0 Å². The fourth-order valence-electron chi connectivity index (χ4n) is 3.67. The first kappa shape index (κ1) is 19.3. The zero-order valence-corrected chi connectivity index (χ0v) is 17.3. The van der Waals surface area contributed by atoms with Crippen LogP contribution in [0.25, 0.3) is 0 Å². The van der Waals surface area contributed by atoms with E-state index in [1.165, 1.54) is 54.8 Å². The first-order chi connectivity index (χ1) is 13.7. The summed E-state index contributed by atoms with van der Waals surface area (Å²) in [6.45, 7) is 1.35. The summed E-state index contributed by atoms with van der Waals surface area (Å²) in [6.07, 6.45) is 8.49. The van der Waals surface area contributed by atoms with Gasteiger partial charge in [-0.3, -0.25) is 9.69 Å². The number of hydrogen-bond acceptors (Lipinski definition) is 7. The monoisotopic (exact) mass is 420 g/mol. The highest BCUT2D eigenvalue weighted by atomic mass is 32.1. The molecule has 0 unspecified atom stereocenters. The number of carbonyl (C=O) groups is 2. The molecule has 1 aliphatic heterocycles. The Morgan fingerprint density at radius 3 is 2.93 bits per heavy atom. The molecule has 0 atom stereocenters. The molecular formula is C18H24N6O2S2. The lowest BCUT2D eigenvalue weighted by Crippen LogP contribution is -2.46. The Kier molecular flexibility index (Phi) is 6.16. The Morgan fingerprint density at radius 1 is 1.25 bits per heavy atom. The Labute approximate surface area is 171 Å². The molecule has 1 aliphatic carbocycles. The van der Waals surface area contributed by atoms with Gasteiger partial charge in [0.2, 0.25) is 11.0 Å². The van der Waals surface area contributed by atoms with Crippen molar-refractivity contribution in [2.75, 3.05) is 23.3 Å². The molecule has 2 aromatic rings. The number of nitrogens with zero attached hydrogens (tertiary/aromatic N) is 4. The van der Waals surface area contributed by atoms with E-state index < -0.39 is 0 Å². The van der Waals surface area contributed by atoms with E-state index in [9.17, 15) is 9.59 Å². The maximum absolute atomic E-state index is 12.3. The van der Waals surface area contributed by atoms with Crippen molar-refractivity contribution in [3.63, 3.8) is 0 Å². The minimum absolute atomic E-state index is 0.129. The first-order valence-electron chi connectivity index (χ1n) is 9.79. The lowest BCUT2D eigenvalue weighted by molar-refractivity contribution is -0.115. The molecule has 2 aliphatic rings. The van der Waals surface area contributed by atoms with Crippen LogP contribution in [0.5, 0.6) is 0 Å². The van der Waals surface area contributed by atoms with Gasteiger partial charge in [-0.1, -0.05) is 43.4 Å². The molecule has 2 fully saturated rings. The van der Waals surface area contributed by atoms with Crippen LogP contribution in [0.3, 0.4) is 0 Å². The molecule has 0 spiro atoms. The van der Waals surface area contributed by atoms with Crippen molar-refractivity contribution in [1.82, 2.24) is 20.5 Å². The molecule has 0 radical (unpaired) electrons. The lowest BCUT2D eigenvalue weighted by atomic mass is 9.87. The highest BCUT2D eigenvalue weighted by molar-refractivity contribution is 7.15. The van der Waals surface area contributed by atoms with E-state index >= 15 is 0 Å². The van der Waals surface area contributed by atoms with Gasteiger partial charge >= 0.3 is 6.03 Å². The van der Waals surface area contributed by atoms with E-state index in [1.54, 1.807) is 4.90 Å². The smallest absolute Gasteiger partial charge is 0.323 e. The molecule has 3 heterocycles. The predicted octanol–water partition coefficient (Wildman–Crippen LogP) is 3.22. The third-order valence-corrected chi connectivity index (χ3v) is 6.87. The van der Waals surface area contributed by atoms with Gasteiger partial charge < -0.3 is 10.6 Å². The van der Waals surface area contributed by atoms with Crippen molar-refractivity contribution in [3.05, 3.63) is 16.1 Å². The number of urea groups is 1. The highest BCUT2D eigenvalue weighted by Crippen LogP contribution is 2.29. The summed E-state index contributed by atoms with van der Waals surface area (Å²) in [7, 11) is 0. The Hall–Kier alpha value is -2.07. The van der Waals surface area contributed by atoms with Crippen molar-refractivity contribution in [3.8, 4) is 0 Å². The van der Waals surface area contributed by atoms with E-state index in [1.807, 2.05) is 5.38 Å². The second-order valence-corrected chi connectivity index (χ2v) is 9.19. The Morgan fingerprint density at radius 2 is 2.11 bits per heavy atom. The summed E-state index contributed by atoms with van der Waals surface area (Å²) in [5, 5.41) is 18.0. The number of nitrogens with one attached hydrogen (secondary N) is 2. The van der Waals surface area contributed by atoms with Gasteiger partial charge in [-0.15, -0.1) is 21.5 Å². The summed E-state index contributed by atoms with van der Waals surface area (Å²) in [6, 6.07) is -0.129. The van der Waals surface area contributed by atoms with Crippen molar-refractivity contribution < 1.29 is 9.59 Å². The van der Waals surface area contributed by atoms with E-state index in [0.717, 1.165) is 17.8 Å². The molecule has 0 aromatic carbocycles. The van der Waals surface area contributed by atoms with Gasteiger partial charge in [0, 0.05) is 24.9 Å². The SMILES string of the molecule is O=C(Cc1csc(N2CCCNC2=O)n1)Nc1nnc(CC2CCCCC2)s1. The zero-order valence-electron chi connectivity index (χ0n) is 15.6. The maximum atomic E-state index is 12.3. The molecule has 1 saturated heterocycles. The second kappa shape index (κ2) is 8.95. The van der Waals surface area contributed by atoms with Crippen molar-refractivity contribution in [2.24, 2.45) is 5.92 Å². The molecule has 28 heavy (non-hydrogen) atoms. The van der Waals surface area contributed by atoms with Crippen molar-refractivity contribution >= 4 is 44.9 Å². The predicted molar refractivity (Wildman–Crippen MR) is 110 cm³/mol. The van der Waals surface area contributed by atoms with Crippen LogP contribution in [-0.2, 0) is 17.6 Å². The van der Waals surface area contributed by atoms with Crippen LogP contribution < -0.4 is 15.5 Å².